The van der Waals surface area contributed by atoms with Gasteiger partial charge in [-0.3, -0.25) is 0 Å². The van der Waals surface area contributed by atoms with Crippen molar-refractivity contribution in [2.45, 2.75) is 26.7 Å². The fourth-order valence-corrected chi connectivity index (χ4v) is 2.75. The van der Waals surface area contributed by atoms with Crippen molar-refractivity contribution >= 4 is 11.8 Å². The van der Waals surface area contributed by atoms with Gasteiger partial charge in [-0.2, -0.15) is 4.98 Å². The Kier molecular flexibility index (Phi) is 5.79. The van der Waals surface area contributed by atoms with Crippen LogP contribution in [0.2, 0.25) is 0 Å². The summed E-state index contributed by atoms with van der Waals surface area (Å²) in [4.78, 5) is 13.3. The molecule has 21 heavy (non-hydrogen) atoms. The van der Waals surface area contributed by atoms with Crippen molar-refractivity contribution in [2.24, 2.45) is 11.8 Å². The highest BCUT2D eigenvalue weighted by Crippen LogP contribution is 2.22. The van der Waals surface area contributed by atoms with E-state index < -0.39 is 0 Å². The van der Waals surface area contributed by atoms with Gasteiger partial charge in [0.05, 0.1) is 0 Å². The Morgan fingerprint density at radius 1 is 1.43 bits per heavy atom. The SMILES string of the molecule is CC(C)CNCC1CCCN(c2ccnc(N(C)C)n2)C1. The molecular formula is C16H29N5. The summed E-state index contributed by atoms with van der Waals surface area (Å²) in [7, 11) is 3.96. The number of nitrogens with zero attached hydrogens (tertiary/aromatic N) is 4. The first-order valence-corrected chi connectivity index (χ1v) is 8.02. The topological polar surface area (TPSA) is 44.3 Å². The molecular weight excluding hydrogens is 262 g/mol. The zero-order valence-corrected chi connectivity index (χ0v) is 13.8. The lowest BCUT2D eigenvalue weighted by Crippen LogP contribution is -2.40. The number of aromatic nitrogens is 2. The van der Waals surface area contributed by atoms with Gasteiger partial charge in [-0.15, -0.1) is 0 Å². The minimum Gasteiger partial charge on any atom is -0.356 e. The van der Waals surface area contributed by atoms with E-state index in [-0.39, 0.29) is 0 Å². The fraction of sp³-hybridized carbons (Fsp3) is 0.750. The first-order valence-electron chi connectivity index (χ1n) is 8.02. The van der Waals surface area contributed by atoms with Gasteiger partial charge in [0, 0.05) is 33.4 Å². The van der Waals surface area contributed by atoms with Crippen LogP contribution in [0.25, 0.3) is 0 Å². The smallest absolute Gasteiger partial charge is 0.226 e. The van der Waals surface area contributed by atoms with Crippen LogP contribution in [0.5, 0.6) is 0 Å². The van der Waals surface area contributed by atoms with Crippen molar-refractivity contribution in [1.29, 1.82) is 0 Å². The lowest BCUT2D eigenvalue weighted by atomic mass is 9.98. The maximum atomic E-state index is 4.66. The molecule has 1 aliphatic heterocycles. The van der Waals surface area contributed by atoms with Crippen LogP contribution in [0.4, 0.5) is 11.8 Å². The Labute approximate surface area is 128 Å². The molecule has 2 heterocycles. The van der Waals surface area contributed by atoms with Crippen molar-refractivity contribution in [3.63, 3.8) is 0 Å². The summed E-state index contributed by atoms with van der Waals surface area (Å²) < 4.78 is 0. The third-order valence-corrected chi connectivity index (χ3v) is 3.86. The number of hydrogen-bond acceptors (Lipinski definition) is 5. The summed E-state index contributed by atoms with van der Waals surface area (Å²) in [6, 6.07) is 2.02. The standard InChI is InChI=1S/C16H29N5/c1-13(2)10-17-11-14-6-5-9-21(12-14)15-7-8-18-16(19-15)20(3)4/h7-8,13-14,17H,5-6,9-12H2,1-4H3. The monoisotopic (exact) mass is 291 g/mol. The summed E-state index contributed by atoms with van der Waals surface area (Å²) >= 11 is 0. The molecule has 1 saturated heterocycles. The maximum Gasteiger partial charge on any atom is 0.226 e. The summed E-state index contributed by atoms with van der Waals surface area (Å²) in [6.07, 6.45) is 4.42. The van der Waals surface area contributed by atoms with E-state index in [1.165, 1.54) is 12.8 Å². The molecule has 5 nitrogen and oxygen atoms in total. The van der Waals surface area contributed by atoms with E-state index in [4.69, 9.17) is 0 Å². The van der Waals surface area contributed by atoms with Crippen LogP contribution < -0.4 is 15.1 Å². The average molecular weight is 291 g/mol. The minimum absolute atomic E-state index is 0.717. The summed E-state index contributed by atoms with van der Waals surface area (Å²) in [5.41, 5.74) is 0. The lowest BCUT2D eigenvalue weighted by Gasteiger charge is -2.34. The Morgan fingerprint density at radius 3 is 2.95 bits per heavy atom. The highest BCUT2D eigenvalue weighted by atomic mass is 15.3. The van der Waals surface area contributed by atoms with Crippen molar-refractivity contribution < 1.29 is 0 Å². The van der Waals surface area contributed by atoms with Crippen LogP contribution in [-0.2, 0) is 0 Å². The third-order valence-electron chi connectivity index (χ3n) is 3.86. The first kappa shape index (κ1) is 16.0. The van der Waals surface area contributed by atoms with Gasteiger partial charge in [-0.25, -0.2) is 4.98 Å². The van der Waals surface area contributed by atoms with E-state index in [1.807, 2.05) is 31.3 Å². The zero-order valence-electron chi connectivity index (χ0n) is 13.8. The molecule has 0 aromatic carbocycles. The van der Waals surface area contributed by atoms with Crippen LogP contribution in [0, 0.1) is 11.8 Å². The van der Waals surface area contributed by atoms with Gasteiger partial charge in [0.25, 0.3) is 0 Å². The van der Waals surface area contributed by atoms with E-state index in [0.29, 0.717) is 5.92 Å². The molecule has 1 fully saturated rings. The molecule has 1 aromatic rings. The predicted octanol–water partition coefficient (Wildman–Crippen LogP) is 2.00. The molecule has 1 N–H and O–H groups in total. The van der Waals surface area contributed by atoms with Gasteiger partial charge < -0.3 is 15.1 Å². The highest BCUT2D eigenvalue weighted by molar-refractivity contribution is 5.43. The van der Waals surface area contributed by atoms with E-state index in [0.717, 1.165) is 43.9 Å². The molecule has 1 aromatic heterocycles. The van der Waals surface area contributed by atoms with Gasteiger partial charge in [0.1, 0.15) is 5.82 Å². The van der Waals surface area contributed by atoms with E-state index in [9.17, 15) is 0 Å². The second kappa shape index (κ2) is 7.59. The van der Waals surface area contributed by atoms with Gasteiger partial charge in [0.2, 0.25) is 5.95 Å². The molecule has 5 heteroatoms. The molecule has 0 amide bonds. The largest absolute Gasteiger partial charge is 0.356 e. The Balaban J connectivity index is 1.92. The normalized spacial score (nSPS) is 19.1. The van der Waals surface area contributed by atoms with E-state index in [1.54, 1.807) is 0 Å². The van der Waals surface area contributed by atoms with Crippen molar-refractivity contribution in [3.05, 3.63) is 12.3 Å². The zero-order chi connectivity index (χ0) is 15.2. The lowest BCUT2D eigenvalue weighted by molar-refractivity contribution is 0.381. The van der Waals surface area contributed by atoms with Crippen LogP contribution in [0.1, 0.15) is 26.7 Å². The van der Waals surface area contributed by atoms with E-state index in [2.05, 4.69) is 34.0 Å². The van der Waals surface area contributed by atoms with Gasteiger partial charge in [-0.1, -0.05) is 13.8 Å². The number of hydrogen-bond donors (Lipinski definition) is 1. The molecule has 2 rings (SSSR count). The maximum absolute atomic E-state index is 4.66. The Morgan fingerprint density at radius 2 is 2.24 bits per heavy atom. The molecule has 118 valence electrons. The van der Waals surface area contributed by atoms with Crippen molar-refractivity contribution in [1.82, 2.24) is 15.3 Å². The summed E-state index contributed by atoms with van der Waals surface area (Å²) in [5, 5.41) is 3.59. The molecule has 1 unspecified atom stereocenters. The van der Waals surface area contributed by atoms with Crippen LogP contribution >= 0.6 is 0 Å². The van der Waals surface area contributed by atoms with Crippen molar-refractivity contribution in [2.75, 3.05) is 50.1 Å². The second-order valence-corrected chi connectivity index (χ2v) is 6.62. The number of piperidine rings is 1. The minimum atomic E-state index is 0.717. The number of anilines is 2. The molecule has 0 radical (unpaired) electrons. The number of nitrogens with one attached hydrogen (secondary N) is 1. The molecule has 0 aliphatic carbocycles. The quantitative estimate of drug-likeness (QED) is 0.868. The van der Waals surface area contributed by atoms with Gasteiger partial charge in [0.15, 0.2) is 0 Å². The Hall–Kier alpha value is -1.36. The first-order chi connectivity index (χ1) is 10.1. The molecule has 0 bridgehead atoms. The van der Waals surface area contributed by atoms with Crippen LogP contribution in [0.15, 0.2) is 12.3 Å². The van der Waals surface area contributed by atoms with Crippen molar-refractivity contribution in [3.8, 4) is 0 Å². The molecule has 0 spiro atoms. The van der Waals surface area contributed by atoms with Crippen LogP contribution in [0.3, 0.4) is 0 Å². The van der Waals surface area contributed by atoms with E-state index >= 15 is 0 Å². The third kappa shape index (κ3) is 4.84. The van der Waals surface area contributed by atoms with Crippen LogP contribution in [-0.4, -0.2) is 50.2 Å². The number of rotatable bonds is 6. The summed E-state index contributed by atoms with van der Waals surface area (Å²) in [6.45, 7) is 8.92. The van der Waals surface area contributed by atoms with Gasteiger partial charge in [-0.05, 0) is 43.8 Å². The summed E-state index contributed by atoms with van der Waals surface area (Å²) in [5.74, 6) is 3.28. The Bertz CT molecular complexity index is 432. The predicted molar refractivity (Wildman–Crippen MR) is 89.0 cm³/mol. The highest BCUT2D eigenvalue weighted by Gasteiger charge is 2.21. The molecule has 1 atom stereocenters. The average Bonchev–Trinajstić information content (AvgIpc) is 2.47. The fourth-order valence-electron chi connectivity index (χ4n) is 2.75. The molecule has 1 aliphatic rings. The molecule has 0 saturated carbocycles. The van der Waals surface area contributed by atoms with Gasteiger partial charge >= 0.3 is 0 Å². The second-order valence-electron chi connectivity index (χ2n) is 6.62.